The number of piperidine rings is 3. The summed E-state index contributed by atoms with van der Waals surface area (Å²) in [7, 11) is 0. The lowest BCUT2D eigenvalue weighted by atomic mass is 9.79. The van der Waals surface area contributed by atoms with Gasteiger partial charge in [0, 0.05) is 22.7 Å². The van der Waals surface area contributed by atoms with Crippen LogP contribution in [0.25, 0.3) is 0 Å². The number of halogens is 1. The number of nitrogens with one attached hydrogen (secondary N) is 1. The van der Waals surface area contributed by atoms with Crippen LogP contribution in [-0.4, -0.2) is 36.0 Å². The molecular formula is C21H23ClN2O2. The number of amides is 1. The summed E-state index contributed by atoms with van der Waals surface area (Å²) in [5.74, 6) is 2.01. The van der Waals surface area contributed by atoms with E-state index in [0.29, 0.717) is 34.0 Å². The molecule has 2 atom stereocenters. The van der Waals surface area contributed by atoms with E-state index in [1.807, 2.05) is 36.4 Å². The second-order valence-electron chi connectivity index (χ2n) is 7.19. The number of fused-ring (bicyclic) bond motifs is 3. The van der Waals surface area contributed by atoms with Gasteiger partial charge in [0.25, 0.3) is 5.91 Å². The number of benzene rings is 2. The van der Waals surface area contributed by atoms with E-state index in [-0.39, 0.29) is 11.9 Å². The lowest BCUT2D eigenvalue weighted by molar-refractivity contribution is 0.0217. The number of rotatable bonds is 4. The fraction of sp³-hybridized carbons (Fsp3) is 0.381. The molecule has 3 aliphatic heterocycles. The average Bonchev–Trinajstić information content (AvgIpc) is 2.67. The number of ether oxygens (including phenoxy) is 1. The van der Waals surface area contributed by atoms with E-state index in [1.165, 1.54) is 12.8 Å². The molecule has 2 aromatic rings. The fourth-order valence-corrected chi connectivity index (χ4v) is 4.22. The summed E-state index contributed by atoms with van der Waals surface area (Å²) in [4.78, 5) is 15.1. The molecule has 2 aromatic carbocycles. The van der Waals surface area contributed by atoms with Crippen molar-refractivity contribution in [2.45, 2.75) is 31.8 Å². The zero-order valence-corrected chi connectivity index (χ0v) is 15.6. The molecule has 3 heterocycles. The lowest BCUT2D eigenvalue weighted by Crippen LogP contribution is -2.62. The minimum Gasteiger partial charge on any atom is -0.457 e. The van der Waals surface area contributed by atoms with Crippen molar-refractivity contribution >= 4 is 17.5 Å². The molecule has 3 saturated heterocycles. The van der Waals surface area contributed by atoms with Gasteiger partial charge < -0.3 is 10.1 Å². The fourth-order valence-electron chi connectivity index (χ4n) is 4.09. The van der Waals surface area contributed by atoms with Gasteiger partial charge in [-0.05, 0) is 87.3 Å². The molecule has 3 aliphatic rings. The maximum atomic E-state index is 12.7. The highest BCUT2D eigenvalue weighted by atomic mass is 35.5. The summed E-state index contributed by atoms with van der Waals surface area (Å²) in [6.45, 7) is 4.54. The first-order valence-corrected chi connectivity index (χ1v) is 9.56. The van der Waals surface area contributed by atoms with Gasteiger partial charge in [0.1, 0.15) is 11.5 Å². The van der Waals surface area contributed by atoms with Crippen molar-refractivity contribution in [1.82, 2.24) is 10.2 Å². The van der Waals surface area contributed by atoms with Crippen LogP contribution in [0.1, 0.15) is 30.1 Å². The predicted octanol–water partition coefficient (Wildman–Crippen LogP) is 4.34. The highest BCUT2D eigenvalue weighted by Crippen LogP contribution is 2.32. The van der Waals surface area contributed by atoms with Gasteiger partial charge in [0.2, 0.25) is 0 Å². The first-order valence-electron chi connectivity index (χ1n) is 9.18. The Bertz CT molecular complexity index is 766. The van der Waals surface area contributed by atoms with E-state index in [4.69, 9.17) is 16.3 Å². The van der Waals surface area contributed by atoms with Gasteiger partial charge in [0.15, 0.2) is 0 Å². The van der Waals surface area contributed by atoms with Crippen molar-refractivity contribution in [1.29, 1.82) is 0 Å². The van der Waals surface area contributed by atoms with Crippen LogP contribution in [0.2, 0.25) is 5.02 Å². The van der Waals surface area contributed by atoms with Gasteiger partial charge in [-0.25, -0.2) is 0 Å². The number of carbonyl (C=O) groups excluding carboxylic acids is 1. The van der Waals surface area contributed by atoms with Gasteiger partial charge in [-0.1, -0.05) is 11.6 Å². The Hall–Kier alpha value is -2.04. The van der Waals surface area contributed by atoms with E-state index in [9.17, 15) is 4.79 Å². The van der Waals surface area contributed by atoms with Gasteiger partial charge >= 0.3 is 0 Å². The highest BCUT2D eigenvalue weighted by Gasteiger charge is 2.40. The monoisotopic (exact) mass is 370 g/mol. The largest absolute Gasteiger partial charge is 0.457 e. The van der Waals surface area contributed by atoms with Crippen LogP contribution >= 0.6 is 11.6 Å². The zero-order valence-electron chi connectivity index (χ0n) is 14.8. The molecule has 1 N–H and O–H groups in total. The second-order valence-corrected chi connectivity index (χ2v) is 7.63. The van der Waals surface area contributed by atoms with Crippen LogP contribution in [0.4, 0.5) is 0 Å². The van der Waals surface area contributed by atoms with Gasteiger partial charge in [0.05, 0.1) is 0 Å². The SMILES string of the molecule is CC1C(NC(=O)c2ccc(Oc3ccc(Cl)cc3)cc2)C2CCN1CC2. The summed E-state index contributed by atoms with van der Waals surface area (Å²) < 4.78 is 5.78. The van der Waals surface area contributed by atoms with Crippen molar-refractivity contribution in [3.05, 3.63) is 59.1 Å². The summed E-state index contributed by atoms with van der Waals surface area (Å²) >= 11 is 5.88. The maximum Gasteiger partial charge on any atom is 0.251 e. The number of nitrogens with zero attached hydrogens (tertiary/aromatic N) is 1. The third kappa shape index (κ3) is 3.57. The van der Waals surface area contributed by atoms with Crippen LogP contribution in [0, 0.1) is 5.92 Å². The predicted molar refractivity (Wildman–Crippen MR) is 103 cm³/mol. The Kier molecular flexibility index (Phi) is 4.88. The van der Waals surface area contributed by atoms with Crippen molar-refractivity contribution in [2.75, 3.05) is 13.1 Å². The smallest absolute Gasteiger partial charge is 0.251 e. The van der Waals surface area contributed by atoms with Crippen LogP contribution in [0.15, 0.2) is 48.5 Å². The third-order valence-corrected chi connectivity index (χ3v) is 5.89. The minimum absolute atomic E-state index is 0.00589. The summed E-state index contributed by atoms with van der Waals surface area (Å²) in [5.41, 5.74) is 0.664. The Labute approximate surface area is 159 Å². The van der Waals surface area contributed by atoms with Crippen molar-refractivity contribution < 1.29 is 9.53 Å². The Morgan fingerprint density at radius 3 is 2.19 bits per heavy atom. The van der Waals surface area contributed by atoms with E-state index in [1.54, 1.807) is 12.1 Å². The molecule has 0 spiro atoms. The molecule has 3 fully saturated rings. The van der Waals surface area contributed by atoms with Crippen molar-refractivity contribution in [2.24, 2.45) is 5.92 Å². The molecular weight excluding hydrogens is 348 g/mol. The molecule has 2 unspecified atom stereocenters. The normalized spacial score (nSPS) is 27.2. The molecule has 0 aliphatic carbocycles. The Morgan fingerprint density at radius 2 is 1.62 bits per heavy atom. The highest BCUT2D eigenvalue weighted by molar-refractivity contribution is 6.30. The minimum atomic E-state index is -0.00589. The van der Waals surface area contributed by atoms with Crippen LogP contribution in [-0.2, 0) is 0 Å². The summed E-state index contributed by atoms with van der Waals surface area (Å²) in [6.07, 6.45) is 2.37. The Balaban J connectivity index is 1.40. The molecule has 4 nitrogen and oxygen atoms in total. The molecule has 5 heteroatoms. The van der Waals surface area contributed by atoms with Gasteiger partial charge in [-0.15, -0.1) is 0 Å². The third-order valence-electron chi connectivity index (χ3n) is 5.64. The van der Waals surface area contributed by atoms with Gasteiger partial charge in [-0.3, -0.25) is 9.69 Å². The molecule has 0 saturated carbocycles. The molecule has 0 aromatic heterocycles. The molecule has 136 valence electrons. The van der Waals surface area contributed by atoms with E-state index < -0.39 is 0 Å². The van der Waals surface area contributed by atoms with E-state index in [0.717, 1.165) is 13.1 Å². The lowest BCUT2D eigenvalue weighted by Gasteiger charge is -2.49. The second kappa shape index (κ2) is 7.29. The first-order chi connectivity index (χ1) is 12.6. The number of hydrogen-bond acceptors (Lipinski definition) is 3. The number of carbonyl (C=O) groups is 1. The number of hydrogen-bond donors (Lipinski definition) is 1. The Morgan fingerprint density at radius 1 is 1.04 bits per heavy atom. The van der Waals surface area contributed by atoms with Crippen molar-refractivity contribution in [3.8, 4) is 11.5 Å². The standard InChI is InChI=1S/C21H23ClN2O2/c1-14-20(15-10-12-24(14)13-11-15)23-21(25)16-2-6-18(7-3-16)26-19-8-4-17(22)5-9-19/h2-9,14-15,20H,10-13H2,1H3,(H,23,25). The van der Waals surface area contributed by atoms with Gasteiger partial charge in [-0.2, -0.15) is 0 Å². The molecule has 0 radical (unpaired) electrons. The van der Waals surface area contributed by atoms with Crippen LogP contribution < -0.4 is 10.1 Å². The first kappa shape index (κ1) is 17.4. The quantitative estimate of drug-likeness (QED) is 0.870. The zero-order chi connectivity index (χ0) is 18.1. The maximum absolute atomic E-state index is 12.7. The molecule has 2 bridgehead atoms. The molecule has 26 heavy (non-hydrogen) atoms. The topological polar surface area (TPSA) is 41.6 Å². The molecule has 5 rings (SSSR count). The summed E-state index contributed by atoms with van der Waals surface area (Å²) in [6, 6.07) is 15.1. The molecule has 1 amide bonds. The summed E-state index contributed by atoms with van der Waals surface area (Å²) in [5, 5.41) is 3.93. The van der Waals surface area contributed by atoms with Crippen molar-refractivity contribution in [3.63, 3.8) is 0 Å². The van der Waals surface area contributed by atoms with E-state index >= 15 is 0 Å². The van der Waals surface area contributed by atoms with Crippen LogP contribution in [0.3, 0.4) is 0 Å². The van der Waals surface area contributed by atoms with Crippen LogP contribution in [0.5, 0.6) is 11.5 Å². The van der Waals surface area contributed by atoms with E-state index in [2.05, 4.69) is 17.1 Å². The average molecular weight is 371 g/mol.